The first kappa shape index (κ1) is 11.9. The van der Waals surface area contributed by atoms with Gasteiger partial charge in [0.15, 0.2) is 11.5 Å². The second kappa shape index (κ2) is 4.61. The smallest absolute Gasteiger partial charge is 0.226 e. The molecule has 2 unspecified atom stereocenters. The van der Waals surface area contributed by atoms with Crippen LogP contribution in [0.3, 0.4) is 0 Å². The maximum Gasteiger partial charge on any atom is 0.226 e. The van der Waals surface area contributed by atoms with Crippen LogP contribution in [0.2, 0.25) is 0 Å². The highest BCUT2D eigenvalue weighted by Crippen LogP contribution is 2.39. The average Bonchev–Trinajstić information content (AvgIpc) is 3.12. The van der Waals surface area contributed by atoms with E-state index in [2.05, 4.69) is 25.2 Å². The fourth-order valence-corrected chi connectivity index (χ4v) is 3.81. The Labute approximate surface area is 118 Å². The summed E-state index contributed by atoms with van der Waals surface area (Å²) < 4.78 is 0. The SMILES string of the molecule is CNc1nc(N2CCC3CCCCC32)c2[nH]cnc2n1. The maximum absolute atomic E-state index is 4.70. The molecule has 1 saturated carbocycles. The Bertz CT molecular complexity index is 621. The summed E-state index contributed by atoms with van der Waals surface area (Å²) in [4.78, 5) is 19.1. The Hall–Kier alpha value is -1.85. The van der Waals surface area contributed by atoms with Crippen molar-refractivity contribution in [3.8, 4) is 0 Å². The van der Waals surface area contributed by atoms with Crippen LogP contribution < -0.4 is 10.2 Å². The lowest BCUT2D eigenvalue weighted by atomic mass is 9.85. The van der Waals surface area contributed by atoms with E-state index in [4.69, 9.17) is 4.98 Å². The zero-order valence-electron chi connectivity index (χ0n) is 11.8. The normalized spacial score (nSPS) is 25.9. The van der Waals surface area contributed by atoms with E-state index >= 15 is 0 Å². The Morgan fingerprint density at radius 1 is 1.25 bits per heavy atom. The van der Waals surface area contributed by atoms with Gasteiger partial charge in [0.05, 0.1) is 6.33 Å². The topological polar surface area (TPSA) is 69.7 Å². The van der Waals surface area contributed by atoms with E-state index in [9.17, 15) is 0 Å². The van der Waals surface area contributed by atoms with Crippen LogP contribution in [0.5, 0.6) is 0 Å². The van der Waals surface area contributed by atoms with E-state index in [-0.39, 0.29) is 0 Å². The number of imidazole rings is 1. The van der Waals surface area contributed by atoms with Crippen LogP contribution in [0.4, 0.5) is 11.8 Å². The number of hydrogen-bond donors (Lipinski definition) is 2. The lowest BCUT2D eigenvalue weighted by Gasteiger charge is -2.32. The molecule has 3 heterocycles. The van der Waals surface area contributed by atoms with Crippen molar-refractivity contribution in [1.82, 2.24) is 19.9 Å². The summed E-state index contributed by atoms with van der Waals surface area (Å²) >= 11 is 0. The minimum absolute atomic E-state index is 0.648. The fourth-order valence-electron chi connectivity index (χ4n) is 3.81. The number of aromatic nitrogens is 4. The molecular weight excluding hydrogens is 252 g/mol. The van der Waals surface area contributed by atoms with Crippen LogP contribution in [-0.4, -0.2) is 39.6 Å². The van der Waals surface area contributed by atoms with Crippen LogP contribution in [0.1, 0.15) is 32.1 Å². The van der Waals surface area contributed by atoms with Crippen molar-refractivity contribution in [2.45, 2.75) is 38.1 Å². The van der Waals surface area contributed by atoms with Gasteiger partial charge in [-0.05, 0) is 25.2 Å². The van der Waals surface area contributed by atoms with E-state index < -0.39 is 0 Å². The van der Waals surface area contributed by atoms with Gasteiger partial charge in [0.1, 0.15) is 5.52 Å². The van der Waals surface area contributed by atoms with Gasteiger partial charge in [-0.2, -0.15) is 9.97 Å². The van der Waals surface area contributed by atoms with Crippen LogP contribution in [-0.2, 0) is 0 Å². The highest BCUT2D eigenvalue weighted by molar-refractivity contribution is 5.84. The van der Waals surface area contributed by atoms with E-state index in [0.29, 0.717) is 12.0 Å². The second-order valence-corrected chi connectivity index (χ2v) is 5.82. The van der Waals surface area contributed by atoms with E-state index in [1.54, 1.807) is 6.33 Å². The molecule has 0 bridgehead atoms. The minimum Gasteiger partial charge on any atom is -0.357 e. The molecule has 2 aromatic heterocycles. The lowest BCUT2D eigenvalue weighted by molar-refractivity contribution is 0.341. The predicted octanol–water partition coefficient (Wildman–Crippen LogP) is 2.16. The molecule has 4 rings (SSSR count). The molecule has 0 aromatic carbocycles. The molecule has 0 radical (unpaired) electrons. The molecule has 1 saturated heterocycles. The number of nitrogens with zero attached hydrogens (tertiary/aromatic N) is 4. The van der Waals surface area contributed by atoms with Crippen LogP contribution >= 0.6 is 0 Å². The van der Waals surface area contributed by atoms with Crippen LogP contribution in [0, 0.1) is 5.92 Å². The zero-order chi connectivity index (χ0) is 13.5. The first-order valence-corrected chi connectivity index (χ1v) is 7.52. The Morgan fingerprint density at radius 3 is 3.05 bits per heavy atom. The predicted molar refractivity (Wildman–Crippen MR) is 78.9 cm³/mol. The van der Waals surface area contributed by atoms with Crippen molar-refractivity contribution in [2.24, 2.45) is 5.92 Å². The van der Waals surface area contributed by atoms with Crippen molar-refractivity contribution in [2.75, 3.05) is 23.8 Å². The number of fused-ring (bicyclic) bond motifs is 2. The molecule has 2 atom stereocenters. The zero-order valence-corrected chi connectivity index (χ0v) is 11.8. The van der Waals surface area contributed by atoms with Crippen molar-refractivity contribution in [1.29, 1.82) is 0 Å². The Kier molecular flexibility index (Phi) is 2.75. The standard InChI is InChI=1S/C14H20N6/c1-15-14-18-12-11(16-8-17-12)13(19-14)20-7-6-9-4-2-3-5-10(9)20/h8-10H,2-7H2,1H3,(H2,15,16,17,18,19). The summed E-state index contributed by atoms with van der Waals surface area (Å²) in [5, 5.41) is 3.04. The summed E-state index contributed by atoms with van der Waals surface area (Å²) in [5.74, 6) is 2.51. The third-order valence-corrected chi connectivity index (χ3v) is 4.77. The summed E-state index contributed by atoms with van der Waals surface area (Å²) in [7, 11) is 1.85. The van der Waals surface area contributed by atoms with Gasteiger partial charge in [0, 0.05) is 19.6 Å². The Balaban J connectivity index is 1.79. The quantitative estimate of drug-likeness (QED) is 0.876. The number of aromatic amines is 1. The lowest BCUT2D eigenvalue weighted by Crippen LogP contribution is -2.35. The highest BCUT2D eigenvalue weighted by atomic mass is 15.3. The first-order chi connectivity index (χ1) is 9.86. The van der Waals surface area contributed by atoms with Gasteiger partial charge >= 0.3 is 0 Å². The van der Waals surface area contributed by atoms with Gasteiger partial charge in [0.2, 0.25) is 5.95 Å². The molecule has 2 aromatic rings. The van der Waals surface area contributed by atoms with Crippen molar-refractivity contribution in [3.05, 3.63) is 6.33 Å². The van der Waals surface area contributed by atoms with Gasteiger partial charge in [-0.25, -0.2) is 4.98 Å². The third kappa shape index (κ3) is 1.74. The van der Waals surface area contributed by atoms with Gasteiger partial charge in [-0.3, -0.25) is 0 Å². The van der Waals surface area contributed by atoms with Gasteiger partial charge in [-0.15, -0.1) is 0 Å². The van der Waals surface area contributed by atoms with E-state index in [0.717, 1.165) is 29.4 Å². The molecular formula is C14H20N6. The van der Waals surface area contributed by atoms with Gasteiger partial charge in [-0.1, -0.05) is 12.8 Å². The summed E-state index contributed by atoms with van der Waals surface area (Å²) in [6.45, 7) is 1.10. The number of H-pyrrole nitrogens is 1. The molecule has 106 valence electrons. The van der Waals surface area contributed by atoms with E-state index in [1.165, 1.54) is 32.1 Å². The molecule has 2 aliphatic rings. The number of hydrogen-bond acceptors (Lipinski definition) is 5. The molecule has 1 aliphatic carbocycles. The maximum atomic E-state index is 4.70. The molecule has 6 heteroatoms. The molecule has 2 fully saturated rings. The monoisotopic (exact) mass is 272 g/mol. The summed E-state index contributed by atoms with van der Waals surface area (Å²) in [6, 6.07) is 0.648. The fraction of sp³-hybridized carbons (Fsp3) is 0.643. The highest BCUT2D eigenvalue weighted by Gasteiger charge is 2.37. The summed E-state index contributed by atoms with van der Waals surface area (Å²) in [6.07, 6.45) is 8.39. The molecule has 1 aliphatic heterocycles. The molecule has 20 heavy (non-hydrogen) atoms. The first-order valence-electron chi connectivity index (χ1n) is 7.52. The van der Waals surface area contributed by atoms with Gasteiger partial charge < -0.3 is 15.2 Å². The largest absolute Gasteiger partial charge is 0.357 e. The Morgan fingerprint density at radius 2 is 2.15 bits per heavy atom. The molecule has 6 nitrogen and oxygen atoms in total. The van der Waals surface area contributed by atoms with Crippen LogP contribution in [0.15, 0.2) is 6.33 Å². The second-order valence-electron chi connectivity index (χ2n) is 5.82. The summed E-state index contributed by atoms with van der Waals surface area (Å²) in [5.41, 5.74) is 1.72. The van der Waals surface area contributed by atoms with Crippen molar-refractivity contribution < 1.29 is 0 Å². The van der Waals surface area contributed by atoms with E-state index in [1.807, 2.05) is 7.05 Å². The van der Waals surface area contributed by atoms with Crippen molar-refractivity contribution >= 4 is 22.9 Å². The minimum atomic E-state index is 0.648. The molecule has 0 spiro atoms. The average molecular weight is 272 g/mol. The third-order valence-electron chi connectivity index (χ3n) is 4.77. The molecule has 2 N–H and O–H groups in total. The number of rotatable bonds is 2. The number of nitrogens with one attached hydrogen (secondary N) is 2. The van der Waals surface area contributed by atoms with Crippen LogP contribution in [0.25, 0.3) is 11.2 Å². The van der Waals surface area contributed by atoms with Gasteiger partial charge in [0.25, 0.3) is 0 Å². The number of anilines is 2. The van der Waals surface area contributed by atoms with Crippen molar-refractivity contribution in [3.63, 3.8) is 0 Å². The molecule has 0 amide bonds.